The first-order valence-corrected chi connectivity index (χ1v) is 8.76. The molecule has 4 N–H and O–H groups in total. The largest absolute Gasteiger partial charge is 0.391 e. The van der Waals surface area contributed by atoms with Crippen LogP contribution in [0.3, 0.4) is 0 Å². The van der Waals surface area contributed by atoms with Gasteiger partial charge in [0.25, 0.3) is 0 Å². The van der Waals surface area contributed by atoms with Crippen molar-refractivity contribution in [2.45, 2.75) is 83.8 Å². The van der Waals surface area contributed by atoms with Crippen LogP contribution in [0.25, 0.3) is 0 Å². The van der Waals surface area contributed by atoms with Crippen molar-refractivity contribution in [3.05, 3.63) is 0 Å². The minimum atomic E-state index is -0.571. The highest BCUT2D eigenvalue weighted by Crippen LogP contribution is 2.28. The number of rotatable bonds is 9. The van der Waals surface area contributed by atoms with Crippen LogP contribution in [-0.4, -0.2) is 29.7 Å². The van der Waals surface area contributed by atoms with Gasteiger partial charge in [-0.3, -0.25) is 4.79 Å². The van der Waals surface area contributed by atoms with E-state index in [9.17, 15) is 9.90 Å². The number of hydrogen-bond acceptors (Lipinski definition) is 3. The summed E-state index contributed by atoms with van der Waals surface area (Å²) >= 11 is 0. The molecule has 1 rings (SSSR count). The molecule has 0 saturated heterocycles. The Bertz CT molecular complexity index is 291. The van der Waals surface area contributed by atoms with Gasteiger partial charge < -0.3 is 16.2 Å². The zero-order valence-corrected chi connectivity index (χ0v) is 13.8. The highest BCUT2D eigenvalue weighted by atomic mass is 16.3. The monoisotopic (exact) mass is 298 g/mol. The number of aliphatic hydroxyl groups is 1. The zero-order chi connectivity index (χ0) is 15.7. The molecule has 0 aromatic heterocycles. The molecule has 0 aromatic carbocycles. The van der Waals surface area contributed by atoms with E-state index < -0.39 is 6.10 Å². The molecule has 0 spiro atoms. The predicted molar refractivity (Wildman–Crippen MR) is 86.9 cm³/mol. The molecule has 0 bridgehead atoms. The topological polar surface area (TPSA) is 75.3 Å². The van der Waals surface area contributed by atoms with Crippen molar-refractivity contribution in [3.63, 3.8) is 0 Å². The van der Waals surface area contributed by atoms with E-state index in [4.69, 9.17) is 5.73 Å². The first-order chi connectivity index (χ1) is 10.0. The molecule has 1 saturated carbocycles. The van der Waals surface area contributed by atoms with Crippen molar-refractivity contribution in [3.8, 4) is 0 Å². The fourth-order valence-corrected chi connectivity index (χ4v) is 3.17. The van der Waals surface area contributed by atoms with Crippen molar-refractivity contribution in [1.82, 2.24) is 5.32 Å². The molecule has 1 unspecified atom stereocenters. The van der Waals surface area contributed by atoms with E-state index in [0.717, 1.165) is 25.8 Å². The Hall–Kier alpha value is -0.610. The third-order valence-electron chi connectivity index (χ3n) is 4.70. The van der Waals surface area contributed by atoms with Crippen molar-refractivity contribution in [2.75, 3.05) is 6.54 Å². The van der Waals surface area contributed by atoms with Gasteiger partial charge in [-0.15, -0.1) is 0 Å². The second-order valence-corrected chi connectivity index (χ2v) is 6.75. The average Bonchev–Trinajstić information content (AvgIpc) is 2.48. The molecule has 3 atom stereocenters. The SMILES string of the molecule is CCCCNC(=O)[C@H](C)C[C@H](O)C(N)CC1CCCCC1. The molecular formula is C17H34N2O2. The smallest absolute Gasteiger partial charge is 0.222 e. The summed E-state index contributed by atoms with van der Waals surface area (Å²) in [6, 6.07) is -0.195. The van der Waals surface area contributed by atoms with E-state index in [1.165, 1.54) is 32.1 Å². The van der Waals surface area contributed by atoms with Crippen LogP contribution in [0.2, 0.25) is 0 Å². The lowest BCUT2D eigenvalue weighted by Crippen LogP contribution is -2.40. The van der Waals surface area contributed by atoms with Crippen LogP contribution in [0.15, 0.2) is 0 Å². The fourth-order valence-electron chi connectivity index (χ4n) is 3.17. The molecule has 0 radical (unpaired) electrons. The Labute approximate surface area is 129 Å². The lowest BCUT2D eigenvalue weighted by Gasteiger charge is -2.28. The lowest BCUT2D eigenvalue weighted by atomic mass is 9.83. The van der Waals surface area contributed by atoms with Crippen LogP contribution >= 0.6 is 0 Å². The maximum atomic E-state index is 11.9. The molecule has 0 aliphatic heterocycles. The van der Waals surface area contributed by atoms with E-state index in [-0.39, 0.29) is 17.9 Å². The van der Waals surface area contributed by atoms with Gasteiger partial charge in [0.15, 0.2) is 0 Å². The first kappa shape index (κ1) is 18.4. The van der Waals surface area contributed by atoms with Crippen LogP contribution in [-0.2, 0) is 4.79 Å². The summed E-state index contributed by atoms with van der Waals surface area (Å²) in [5, 5.41) is 13.2. The highest BCUT2D eigenvalue weighted by Gasteiger charge is 2.25. The van der Waals surface area contributed by atoms with Gasteiger partial charge in [-0.25, -0.2) is 0 Å². The standard InChI is InChI=1S/C17H34N2O2/c1-3-4-10-19-17(21)13(2)11-16(20)15(18)12-14-8-6-5-7-9-14/h13-16,20H,3-12,18H2,1-2H3,(H,19,21)/t13-,15?,16+/m1/s1. The lowest BCUT2D eigenvalue weighted by molar-refractivity contribution is -0.125. The number of hydrogen-bond donors (Lipinski definition) is 3. The maximum Gasteiger partial charge on any atom is 0.222 e. The van der Waals surface area contributed by atoms with E-state index in [0.29, 0.717) is 12.3 Å². The first-order valence-electron chi connectivity index (χ1n) is 8.76. The summed E-state index contributed by atoms with van der Waals surface area (Å²) in [5.41, 5.74) is 6.14. The Morgan fingerprint density at radius 3 is 2.62 bits per heavy atom. The van der Waals surface area contributed by atoms with Crippen LogP contribution < -0.4 is 11.1 Å². The molecule has 0 heterocycles. The quantitative estimate of drug-likeness (QED) is 0.573. The third kappa shape index (κ3) is 7.28. The minimum absolute atomic E-state index is 0.0346. The summed E-state index contributed by atoms with van der Waals surface area (Å²) in [4.78, 5) is 11.9. The Balaban J connectivity index is 2.26. The van der Waals surface area contributed by atoms with Crippen molar-refractivity contribution < 1.29 is 9.90 Å². The molecular weight excluding hydrogens is 264 g/mol. The molecule has 4 heteroatoms. The molecule has 21 heavy (non-hydrogen) atoms. The minimum Gasteiger partial charge on any atom is -0.391 e. The molecule has 1 aliphatic rings. The Morgan fingerprint density at radius 1 is 1.33 bits per heavy atom. The summed E-state index contributed by atoms with van der Waals surface area (Å²) in [6.07, 6.45) is 9.28. The Kier molecular flexibility index (Phi) is 8.93. The van der Waals surface area contributed by atoms with Crippen LogP contribution in [0, 0.1) is 11.8 Å². The van der Waals surface area contributed by atoms with Gasteiger partial charge in [-0.2, -0.15) is 0 Å². The molecule has 4 nitrogen and oxygen atoms in total. The molecule has 1 aliphatic carbocycles. The second-order valence-electron chi connectivity index (χ2n) is 6.75. The number of nitrogens with one attached hydrogen (secondary N) is 1. The van der Waals surface area contributed by atoms with E-state index >= 15 is 0 Å². The van der Waals surface area contributed by atoms with Crippen LogP contribution in [0.5, 0.6) is 0 Å². The van der Waals surface area contributed by atoms with Gasteiger partial charge >= 0.3 is 0 Å². The number of unbranched alkanes of at least 4 members (excludes halogenated alkanes) is 1. The van der Waals surface area contributed by atoms with Crippen molar-refractivity contribution >= 4 is 5.91 Å². The third-order valence-corrected chi connectivity index (χ3v) is 4.70. The average molecular weight is 298 g/mol. The highest BCUT2D eigenvalue weighted by molar-refractivity contribution is 5.78. The second kappa shape index (κ2) is 10.2. The number of carbonyl (C=O) groups excluding carboxylic acids is 1. The van der Waals surface area contributed by atoms with Crippen molar-refractivity contribution in [2.24, 2.45) is 17.6 Å². The fraction of sp³-hybridized carbons (Fsp3) is 0.941. The molecule has 1 fully saturated rings. The summed E-state index contributed by atoms with van der Waals surface area (Å²) in [5.74, 6) is 0.527. The number of amides is 1. The van der Waals surface area contributed by atoms with E-state index in [2.05, 4.69) is 12.2 Å². The number of aliphatic hydroxyl groups excluding tert-OH is 1. The van der Waals surface area contributed by atoms with Gasteiger partial charge in [0, 0.05) is 18.5 Å². The Morgan fingerprint density at radius 2 is 2.00 bits per heavy atom. The summed E-state index contributed by atoms with van der Waals surface area (Å²) in [6.45, 7) is 4.70. The van der Waals surface area contributed by atoms with Gasteiger partial charge in [-0.05, 0) is 25.2 Å². The number of carbonyl (C=O) groups is 1. The maximum absolute atomic E-state index is 11.9. The zero-order valence-electron chi connectivity index (χ0n) is 13.8. The van der Waals surface area contributed by atoms with Crippen LogP contribution in [0.4, 0.5) is 0 Å². The summed E-state index contributed by atoms with van der Waals surface area (Å²) in [7, 11) is 0. The molecule has 1 amide bonds. The van der Waals surface area contributed by atoms with Crippen LogP contribution in [0.1, 0.15) is 71.6 Å². The van der Waals surface area contributed by atoms with Gasteiger partial charge in [-0.1, -0.05) is 52.4 Å². The van der Waals surface area contributed by atoms with E-state index in [1.807, 2.05) is 6.92 Å². The molecule has 124 valence electrons. The van der Waals surface area contributed by atoms with Gasteiger partial charge in [0.05, 0.1) is 6.10 Å². The van der Waals surface area contributed by atoms with Gasteiger partial charge in [0.2, 0.25) is 5.91 Å². The van der Waals surface area contributed by atoms with E-state index in [1.54, 1.807) is 0 Å². The number of nitrogens with two attached hydrogens (primary N) is 1. The predicted octanol–water partition coefficient (Wildman–Crippen LogP) is 2.59. The summed E-state index contributed by atoms with van der Waals surface area (Å²) < 4.78 is 0. The van der Waals surface area contributed by atoms with Gasteiger partial charge in [0.1, 0.15) is 0 Å². The normalized spacial score (nSPS) is 20.8. The van der Waals surface area contributed by atoms with Crippen molar-refractivity contribution in [1.29, 1.82) is 0 Å². The molecule has 0 aromatic rings.